The summed E-state index contributed by atoms with van der Waals surface area (Å²) in [7, 11) is 1.61. The summed E-state index contributed by atoms with van der Waals surface area (Å²) in [4.78, 5) is 20.0. The lowest BCUT2D eigenvalue weighted by Crippen LogP contribution is -2.03. The predicted octanol–water partition coefficient (Wildman–Crippen LogP) is 1.40. The van der Waals surface area contributed by atoms with Crippen LogP contribution in [-0.2, 0) is 19.1 Å². The van der Waals surface area contributed by atoms with E-state index in [1.807, 2.05) is 0 Å². The fourth-order valence-corrected chi connectivity index (χ4v) is 0.435. The van der Waals surface area contributed by atoms with Crippen LogP contribution in [0.4, 0.5) is 0 Å². The average Bonchev–Trinajstić information content (AvgIpc) is 2.24. The molecule has 0 aromatic heterocycles. The van der Waals surface area contributed by atoms with Crippen LogP contribution in [0.5, 0.6) is 0 Å². The van der Waals surface area contributed by atoms with E-state index in [4.69, 9.17) is 9.84 Å². The molecule has 1 N–H and O–H groups in total. The quantitative estimate of drug-likeness (QED) is 0.424. The van der Waals surface area contributed by atoms with Crippen LogP contribution in [0.2, 0.25) is 0 Å². The van der Waals surface area contributed by atoms with Crippen molar-refractivity contribution in [1.29, 1.82) is 0 Å². The van der Waals surface area contributed by atoms with Gasteiger partial charge >= 0.3 is 11.9 Å². The first-order valence-electron chi connectivity index (χ1n) is 4.62. The summed E-state index contributed by atoms with van der Waals surface area (Å²) < 4.78 is 9.40. The van der Waals surface area contributed by atoms with Gasteiger partial charge in [-0.25, -0.2) is 9.59 Å². The van der Waals surface area contributed by atoms with Gasteiger partial charge in [-0.05, 0) is 6.92 Å². The van der Waals surface area contributed by atoms with Gasteiger partial charge in [0, 0.05) is 31.8 Å². The molecule has 0 spiro atoms. The number of aliphatic carboxylic acids is 1. The highest BCUT2D eigenvalue weighted by atomic mass is 16.5. The van der Waals surface area contributed by atoms with Crippen LogP contribution in [0.15, 0.2) is 24.8 Å². The van der Waals surface area contributed by atoms with E-state index < -0.39 is 5.97 Å². The zero-order valence-electron chi connectivity index (χ0n) is 9.69. The number of rotatable bonds is 6. The molecular weight excluding hydrogens is 212 g/mol. The van der Waals surface area contributed by atoms with Crippen LogP contribution >= 0.6 is 0 Å². The number of esters is 1. The first-order valence-corrected chi connectivity index (χ1v) is 4.62. The Morgan fingerprint density at radius 1 is 1.38 bits per heavy atom. The van der Waals surface area contributed by atoms with Crippen molar-refractivity contribution in [3.63, 3.8) is 0 Å². The van der Waals surface area contributed by atoms with Gasteiger partial charge in [0.25, 0.3) is 0 Å². The smallest absolute Gasteiger partial charge is 0.330 e. The minimum absolute atomic E-state index is 0.176. The molecule has 0 saturated carbocycles. The predicted molar refractivity (Wildman–Crippen MR) is 60.1 cm³/mol. The summed E-state index contributed by atoms with van der Waals surface area (Å²) in [5.74, 6) is -1.31. The van der Waals surface area contributed by atoms with Gasteiger partial charge in [0.2, 0.25) is 0 Å². The second-order valence-electron chi connectivity index (χ2n) is 2.80. The monoisotopic (exact) mass is 230 g/mol. The molecule has 0 aliphatic rings. The molecule has 92 valence electrons. The number of methoxy groups -OCH3 is 1. The Balaban J connectivity index is 0. The van der Waals surface area contributed by atoms with Crippen molar-refractivity contribution in [2.75, 3.05) is 20.3 Å². The fourth-order valence-electron chi connectivity index (χ4n) is 0.435. The maximum absolute atomic E-state index is 10.4. The summed E-state index contributed by atoms with van der Waals surface area (Å²) >= 11 is 0. The molecule has 0 unspecified atom stereocenters. The van der Waals surface area contributed by atoms with E-state index in [0.29, 0.717) is 13.2 Å². The van der Waals surface area contributed by atoms with E-state index in [9.17, 15) is 9.59 Å². The van der Waals surface area contributed by atoms with Crippen LogP contribution in [0, 0.1) is 0 Å². The van der Waals surface area contributed by atoms with Gasteiger partial charge < -0.3 is 14.6 Å². The summed E-state index contributed by atoms with van der Waals surface area (Å²) in [6.45, 7) is 8.87. The van der Waals surface area contributed by atoms with Gasteiger partial charge in [-0.1, -0.05) is 13.2 Å². The second-order valence-corrected chi connectivity index (χ2v) is 2.80. The van der Waals surface area contributed by atoms with Crippen LogP contribution < -0.4 is 0 Å². The standard InChI is InChI=1S/C7H12O3.C4H6O2/c1-3-7(8)10-6-4-5-9-2;1-3(2)4(5)6/h3H,1,4-6H2,2H3;1H2,2H3,(H,5,6). The van der Waals surface area contributed by atoms with Crippen molar-refractivity contribution in [3.05, 3.63) is 24.8 Å². The van der Waals surface area contributed by atoms with Crippen molar-refractivity contribution in [2.24, 2.45) is 0 Å². The SMILES string of the molecule is C=C(C)C(=O)O.C=CC(=O)OCCCOC. The molecule has 0 aliphatic carbocycles. The third-order valence-corrected chi connectivity index (χ3v) is 1.27. The van der Waals surface area contributed by atoms with Crippen LogP contribution in [0.1, 0.15) is 13.3 Å². The molecule has 0 saturated heterocycles. The minimum atomic E-state index is -0.935. The molecule has 0 radical (unpaired) electrons. The Hall–Kier alpha value is -1.62. The number of carboxylic acids is 1. The van der Waals surface area contributed by atoms with Gasteiger partial charge in [0.15, 0.2) is 0 Å². The van der Waals surface area contributed by atoms with E-state index in [2.05, 4.69) is 17.9 Å². The van der Waals surface area contributed by atoms with E-state index in [1.165, 1.54) is 6.92 Å². The number of hydrogen-bond donors (Lipinski definition) is 1. The molecule has 0 aromatic rings. The molecule has 5 heteroatoms. The minimum Gasteiger partial charge on any atom is -0.478 e. The topological polar surface area (TPSA) is 72.8 Å². The van der Waals surface area contributed by atoms with Crippen molar-refractivity contribution in [3.8, 4) is 0 Å². The van der Waals surface area contributed by atoms with Crippen molar-refractivity contribution in [2.45, 2.75) is 13.3 Å². The lowest BCUT2D eigenvalue weighted by Gasteiger charge is -1.99. The van der Waals surface area contributed by atoms with Crippen LogP contribution in [0.3, 0.4) is 0 Å². The van der Waals surface area contributed by atoms with Crippen molar-refractivity contribution in [1.82, 2.24) is 0 Å². The van der Waals surface area contributed by atoms with Crippen LogP contribution in [0.25, 0.3) is 0 Å². The number of carbonyl (C=O) groups excluding carboxylic acids is 1. The van der Waals surface area contributed by atoms with Gasteiger partial charge in [0.05, 0.1) is 6.61 Å². The molecule has 5 nitrogen and oxygen atoms in total. The summed E-state index contributed by atoms with van der Waals surface area (Å²) in [5, 5.41) is 7.89. The van der Waals surface area contributed by atoms with Gasteiger partial charge in [-0.15, -0.1) is 0 Å². The lowest BCUT2D eigenvalue weighted by atomic mass is 10.4. The zero-order chi connectivity index (χ0) is 13.0. The maximum atomic E-state index is 10.4. The highest BCUT2D eigenvalue weighted by molar-refractivity contribution is 5.84. The molecule has 16 heavy (non-hydrogen) atoms. The Morgan fingerprint density at radius 3 is 2.19 bits per heavy atom. The number of carbonyl (C=O) groups is 2. The Labute approximate surface area is 95.4 Å². The summed E-state index contributed by atoms with van der Waals surface area (Å²) in [5.41, 5.74) is 0.176. The van der Waals surface area contributed by atoms with Gasteiger partial charge in [0.1, 0.15) is 0 Å². The molecule has 0 rings (SSSR count). The first kappa shape index (κ1) is 16.8. The normalized spacial score (nSPS) is 8.38. The van der Waals surface area contributed by atoms with E-state index in [-0.39, 0.29) is 11.5 Å². The number of carboxylic acid groups (broad SMARTS) is 1. The molecule has 0 atom stereocenters. The lowest BCUT2D eigenvalue weighted by molar-refractivity contribution is -0.138. The number of hydrogen-bond acceptors (Lipinski definition) is 4. The highest BCUT2D eigenvalue weighted by Crippen LogP contribution is 1.84. The molecule has 0 aromatic carbocycles. The zero-order valence-corrected chi connectivity index (χ0v) is 9.69. The molecule has 0 aliphatic heterocycles. The summed E-state index contributed by atoms with van der Waals surface area (Å²) in [6, 6.07) is 0. The number of ether oxygens (including phenoxy) is 2. The Kier molecular flexibility index (Phi) is 12.0. The second kappa shape index (κ2) is 11.5. The molecule has 0 bridgehead atoms. The van der Waals surface area contributed by atoms with E-state index in [1.54, 1.807) is 7.11 Å². The van der Waals surface area contributed by atoms with Crippen molar-refractivity contribution < 1.29 is 24.2 Å². The third kappa shape index (κ3) is 14.9. The third-order valence-electron chi connectivity index (χ3n) is 1.27. The van der Waals surface area contributed by atoms with E-state index >= 15 is 0 Å². The fraction of sp³-hybridized carbons (Fsp3) is 0.455. The van der Waals surface area contributed by atoms with Gasteiger partial charge in [-0.3, -0.25) is 0 Å². The Morgan fingerprint density at radius 2 is 1.88 bits per heavy atom. The first-order chi connectivity index (χ1) is 7.45. The van der Waals surface area contributed by atoms with E-state index in [0.717, 1.165) is 12.5 Å². The Bertz CT molecular complexity index is 233. The molecule has 0 amide bonds. The largest absolute Gasteiger partial charge is 0.478 e. The summed E-state index contributed by atoms with van der Waals surface area (Å²) in [6.07, 6.45) is 1.88. The highest BCUT2D eigenvalue weighted by Gasteiger charge is 1.92. The maximum Gasteiger partial charge on any atom is 0.330 e. The average molecular weight is 230 g/mol. The molecular formula is C11H18O5. The molecule has 0 heterocycles. The van der Waals surface area contributed by atoms with Gasteiger partial charge in [-0.2, -0.15) is 0 Å². The van der Waals surface area contributed by atoms with Crippen molar-refractivity contribution >= 4 is 11.9 Å². The van der Waals surface area contributed by atoms with Crippen LogP contribution in [-0.4, -0.2) is 37.4 Å². The molecule has 0 fully saturated rings.